The molecule has 3 aromatic carbocycles. The van der Waals surface area contributed by atoms with Crippen molar-refractivity contribution in [1.82, 2.24) is 4.90 Å². The molecule has 30 heavy (non-hydrogen) atoms. The number of aliphatic hydroxyl groups is 1. The lowest BCUT2D eigenvalue weighted by molar-refractivity contribution is 0.0891. The van der Waals surface area contributed by atoms with Crippen LogP contribution in [0.3, 0.4) is 0 Å². The van der Waals surface area contributed by atoms with Crippen LogP contribution in [-0.2, 0) is 11.3 Å². The molecule has 0 aliphatic heterocycles. The Balaban J connectivity index is 1.49. The predicted molar refractivity (Wildman–Crippen MR) is 117 cm³/mol. The normalized spacial score (nSPS) is 12.4. The molecule has 0 bridgehead atoms. The van der Waals surface area contributed by atoms with E-state index < -0.39 is 6.09 Å². The molecule has 1 aliphatic carbocycles. The highest BCUT2D eigenvalue weighted by molar-refractivity contribution is 9.10. The van der Waals surface area contributed by atoms with Gasteiger partial charge in [-0.15, -0.1) is 0 Å². The van der Waals surface area contributed by atoms with E-state index in [1.165, 1.54) is 11.0 Å². The average molecular weight is 470 g/mol. The van der Waals surface area contributed by atoms with E-state index in [0.717, 1.165) is 27.8 Å². The second kappa shape index (κ2) is 8.98. The van der Waals surface area contributed by atoms with Crippen LogP contribution in [0.25, 0.3) is 11.1 Å². The van der Waals surface area contributed by atoms with Crippen molar-refractivity contribution in [2.75, 3.05) is 19.8 Å². The van der Waals surface area contributed by atoms with Gasteiger partial charge < -0.3 is 14.7 Å². The molecule has 4 nitrogen and oxygen atoms in total. The van der Waals surface area contributed by atoms with Crippen molar-refractivity contribution >= 4 is 22.0 Å². The number of ether oxygens (including phenoxy) is 1. The van der Waals surface area contributed by atoms with Crippen molar-refractivity contribution in [3.8, 4) is 11.1 Å². The molecule has 0 spiro atoms. The number of amides is 1. The summed E-state index contributed by atoms with van der Waals surface area (Å²) in [4.78, 5) is 14.2. The second-order valence-corrected chi connectivity index (χ2v) is 8.05. The van der Waals surface area contributed by atoms with E-state index in [-0.39, 0.29) is 38.0 Å². The lowest BCUT2D eigenvalue weighted by atomic mass is 9.98. The maximum absolute atomic E-state index is 13.5. The fraction of sp³-hybridized carbons (Fsp3) is 0.208. The van der Waals surface area contributed by atoms with Crippen molar-refractivity contribution < 1.29 is 19.0 Å². The summed E-state index contributed by atoms with van der Waals surface area (Å²) in [5.74, 6) is -0.397. The summed E-state index contributed by atoms with van der Waals surface area (Å²) in [6, 6.07) is 20.9. The summed E-state index contributed by atoms with van der Waals surface area (Å²) < 4.78 is 19.5. The molecule has 0 heterocycles. The number of aliphatic hydroxyl groups excluding tert-OH is 1. The molecule has 3 aromatic rings. The van der Waals surface area contributed by atoms with Gasteiger partial charge in [0.05, 0.1) is 11.1 Å². The maximum Gasteiger partial charge on any atom is 0.410 e. The molecule has 0 fully saturated rings. The molecule has 0 unspecified atom stereocenters. The van der Waals surface area contributed by atoms with E-state index >= 15 is 0 Å². The molecule has 0 saturated carbocycles. The minimum Gasteiger partial charge on any atom is -0.448 e. The Morgan fingerprint density at radius 1 is 1.03 bits per heavy atom. The van der Waals surface area contributed by atoms with Gasteiger partial charge in [-0.3, -0.25) is 0 Å². The Morgan fingerprint density at radius 3 is 2.27 bits per heavy atom. The standard InChI is InChI=1S/C24H21BrFNO3/c25-22-13-16(9-10-23(22)26)14-27(11-12-28)24(29)30-15-21-19-7-3-1-5-17(19)18-6-2-4-8-20(18)21/h1-10,13,21,28H,11-12,14-15H2. The predicted octanol–water partition coefficient (Wildman–Crippen LogP) is 5.33. The molecule has 6 heteroatoms. The first kappa shape index (κ1) is 20.6. The van der Waals surface area contributed by atoms with E-state index in [1.54, 1.807) is 12.1 Å². The van der Waals surface area contributed by atoms with Gasteiger partial charge in [0.15, 0.2) is 0 Å². The number of carbonyl (C=O) groups is 1. The van der Waals surface area contributed by atoms with Gasteiger partial charge in [-0.25, -0.2) is 9.18 Å². The number of fused-ring (bicyclic) bond motifs is 3. The van der Waals surface area contributed by atoms with Crippen molar-refractivity contribution in [3.63, 3.8) is 0 Å². The first-order chi connectivity index (χ1) is 14.6. The van der Waals surface area contributed by atoms with Crippen LogP contribution in [-0.4, -0.2) is 35.9 Å². The Morgan fingerprint density at radius 2 is 1.67 bits per heavy atom. The molecule has 0 saturated heterocycles. The third-order valence-corrected chi connectivity index (χ3v) is 5.93. The monoisotopic (exact) mass is 469 g/mol. The third-order valence-electron chi connectivity index (χ3n) is 5.32. The topological polar surface area (TPSA) is 49.8 Å². The van der Waals surface area contributed by atoms with Crippen molar-refractivity contribution in [1.29, 1.82) is 0 Å². The summed E-state index contributed by atoms with van der Waals surface area (Å²) in [7, 11) is 0. The molecule has 0 atom stereocenters. The quantitative estimate of drug-likeness (QED) is 0.530. The number of halogens is 2. The van der Waals surface area contributed by atoms with Crippen molar-refractivity contribution in [2.24, 2.45) is 0 Å². The van der Waals surface area contributed by atoms with E-state index in [2.05, 4.69) is 40.2 Å². The van der Waals surface area contributed by atoms with Crippen LogP contribution in [0.4, 0.5) is 9.18 Å². The smallest absolute Gasteiger partial charge is 0.410 e. The van der Waals surface area contributed by atoms with Gasteiger partial charge in [-0.1, -0.05) is 54.6 Å². The first-order valence-electron chi connectivity index (χ1n) is 9.73. The molecule has 1 amide bonds. The average Bonchev–Trinajstić information content (AvgIpc) is 3.08. The Hall–Kier alpha value is -2.70. The molecule has 1 N–H and O–H groups in total. The lowest BCUT2D eigenvalue weighted by Gasteiger charge is -2.23. The molecule has 4 rings (SSSR count). The van der Waals surface area contributed by atoms with Gasteiger partial charge in [-0.05, 0) is 55.9 Å². The Labute approximate surface area is 183 Å². The van der Waals surface area contributed by atoms with E-state index in [1.807, 2.05) is 24.3 Å². The third kappa shape index (κ3) is 4.11. The highest BCUT2D eigenvalue weighted by Crippen LogP contribution is 2.44. The fourth-order valence-corrected chi connectivity index (χ4v) is 4.33. The maximum atomic E-state index is 13.5. The number of hydrogen-bond donors (Lipinski definition) is 1. The summed E-state index contributed by atoms with van der Waals surface area (Å²) in [6.07, 6.45) is -0.508. The second-order valence-electron chi connectivity index (χ2n) is 7.20. The minimum absolute atomic E-state index is 0.0303. The van der Waals surface area contributed by atoms with E-state index in [4.69, 9.17) is 4.74 Å². The molecule has 154 valence electrons. The largest absolute Gasteiger partial charge is 0.448 e. The van der Waals surface area contributed by atoms with Crippen LogP contribution in [0.2, 0.25) is 0 Å². The van der Waals surface area contributed by atoms with Gasteiger partial charge in [-0.2, -0.15) is 0 Å². The summed E-state index contributed by atoms with van der Waals surface area (Å²) in [5.41, 5.74) is 5.35. The van der Waals surface area contributed by atoms with Gasteiger partial charge >= 0.3 is 6.09 Å². The zero-order valence-electron chi connectivity index (χ0n) is 16.2. The molecule has 0 radical (unpaired) electrons. The van der Waals surface area contributed by atoms with Gasteiger partial charge in [0.2, 0.25) is 0 Å². The molecular weight excluding hydrogens is 449 g/mol. The van der Waals surface area contributed by atoms with Crippen molar-refractivity contribution in [2.45, 2.75) is 12.5 Å². The van der Waals surface area contributed by atoms with Crippen LogP contribution in [0, 0.1) is 5.82 Å². The molecular formula is C24H21BrFNO3. The number of nitrogens with zero attached hydrogens (tertiary/aromatic N) is 1. The van der Waals surface area contributed by atoms with Gasteiger partial charge in [0.25, 0.3) is 0 Å². The minimum atomic E-state index is -0.508. The first-order valence-corrected chi connectivity index (χ1v) is 10.5. The number of rotatable bonds is 6. The molecule has 1 aliphatic rings. The SMILES string of the molecule is O=C(OCC1c2ccccc2-c2ccccc21)N(CCO)Cc1ccc(F)c(Br)c1. The summed E-state index contributed by atoms with van der Waals surface area (Å²) >= 11 is 3.16. The number of carbonyl (C=O) groups excluding carboxylic acids is 1. The van der Waals surface area contributed by atoms with Crippen LogP contribution in [0.5, 0.6) is 0 Å². The zero-order valence-corrected chi connectivity index (χ0v) is 17.8. The van der Waals surface area contributed by atoms with Crippen LogP contribution >= 0.6 is 15.9 Å². The Bertz CT molecular complexity index is 1030. The molecule has 0 aromatic heterocycles. The summed E-state index contributed by atoms with van der Waals surface area (Å²) in [5, 5.41) is 9.38. The highest BCUT2D eigenvalue weighted by atomic mass is 79.9. The lowest BCUT2D eigenvalue weighted by Crippen LogP contribution is -2.34. The Kier molecular flexibility index (Phi) is 6.16. The highest BCUT2D eigenvalue weighted by Gasteiger charge is 2.29. The fourth-order valence-electron chi connectivity index (χ4n) is 3.90. The number of benzene rings is 3. The zero-order chi connectivity index (χ0) is 21.1. The van der Waals surface area contributed by atoms with Crippen LogP contribution in [0.15, 0.2) is 71.2 Å². The number of hydrogen-bond acceptors (Lipinski definition) is 3. The van der Waals surface area contributed by atoms with E-state index in [0.29, 0.717) is 4.47 Å². The van der Waals surface area contributed by atoms with Crippen LogP contribution < -0.4 is 0 Å². The summed E-state index contributed by atoms with van der Waals surface area (Å²) in [6.45, 7) is 0.371. The van der Waals surface area contributed by atoms with Crippen LogP contribution in [0.1, 0.15) is 22.6 Å². The van der Waals surface area contributed by atoms with E-state index in [9.17, 15) is 14.3 Å². The van der Waals surface area contributed by atoms with Gasteiger partial charge in [0.1, 0.15) is 12.4 Å². The van der Waals surface area contributed by atoms with Crippen molar-refractivity contribution in [3.05, 3.63) is 93.7 Å². The van der Waals surface area contributed by atoms with Gasteiger partial charge in [0, 0.05) is 19.0 Å².